The van der Waals surface area contributed by atoms with E-state index < -0.39 is 0 Å². The number of anilines is 1. The van der Waals surface area contributed by atoms with E-state index in [2.05, 4.69) is 4.98 Å². The van der Waals surface area contributed by atoms with Crippen molar-refractivity contribution in [2.75, 3.05) is 5.73 Å². The number of benzene rings is 1. The molecule has 0 aliphatic rings. The van der Waals surface area contributed by atoms with E-state index in [-0.39, 0.29) is 24.4 Å². The highest BCUT2D eigenvalue weighted by Crippen LogP contribution is 2.13. The van der Waals surface area contributed by atoms with Crippen LogP contribution >= 0.6 is 12.4 Å². The van der Waals surface area contributed by atoms with E-state index >= 15 is 0 Å². The molecule has 2 N–H and O–H groups in total. The zero-order valence-electron chi connectivity index (χ0n) is 12.2. The zero-order valence-corrected chi connectivity index (χ0v) is 13.0. The number of hydrogen-bond donors (Lipinski definition) is 1. The second kappa shape index (κ2) is 7.64. The molecule has 2 aromatic rings. The number of aromatic nitrogens is 1. The van der Waals surface area contributed by atoms with Gasteiger partial charge in [0.25, 0.3) is 5.91 Å². The van der Waals surface area contributed by atoms with Crippen LogP contribution in [0.2, 0.25) is 0 Å². The molecule has 1 aromatic carbocycles. The summed E-state index contributed by atoms with van der Waals surface area (Å²) < 4.78 is 0. The van der Waals surface area contributed by atoms with Crippen molar-refractivity contribution in [3.05, 3.63) is 59.9 Å². The highest BCUT2D eigenvalue weighted by molar-refractivity contribution is 5.92. The highest BCUT2D eigenvalue weighted by atomic mass is 35.5. The standard InChI is InChI=1S/C16H19N3O.ClH/c1-12(2)19(11-13-6-4-3-5-7-13)16(20)15-9-8-14(17)10-18-15;/h3-10,12H,11,17H2,1-2H3;1H. The molecule has 112 valence electrons. The first-order valence-corrected chi connectivity index (χ1v) is 6.64. The lowest BCUT2D eigenvalue weighted by atomic mass is 10.1. The van der Waals surface area contributed by atoms with Crippen LogP contribution in [0.5, 0.6) is 0 Å². The fraction of sp³-hybridized carbons (Fsp3) is 0.250. The first-order chi connectivity index (χ1) is 9.58. The lowest BCUT2D eigenvalue weighted by Crippen LogP contribution is -2.36. The molecule has 0 atom stereocenters. The highest BCUT2D eigenvalue weighted by Gasteiger charge is 2.19. The summed E-state index contributed by atoms with van der Waals surface area (Å²) in [4.78, 5) is 18.4. The summed E-state index contributed by atoms with van der Waals surface area (Å²) in [5, 5.41) is 0. The Bertz CT molecular complexity index is 570. The third kappa shape index (κ3) is 4.46. The number of halogens is 1. The predicted molar refractivity (Wildman–Crippen MR) is 87.3 cm³/mol. The summed E-state index contributed by atoms with van der Waals surface area (Å²) in [6.07, 6.45) is 1.51. The number of nitrogens with two attached hydrogens (primary N) is 1. The zero-order chi connectivity index (χ0) is 14.5. The molecule has 1 aromatic heterocycles. The molecule has 5 heteroatoms. The minimum Gasteiger partial charge on any atom is -0.397 e. The Morgan fingerprint density at radius 3 is 2.38 bits per heavy atom. The maximum absolute atomic E-state index is 12.5. The van der Waals surface area contributed by atoms with E-state index in [1.54, 1.807) is 17.0 Å². The predicted octanol–water partition coefficient (Wildman–Crippen LogP) is 3.14. The maximum atomic E-state index is 12.5. The smallest absolute Gasteiger partial charge is 0.272 e. The SMILES string of the molecule is CC(C)N(Cc1ccccc1)C(=O)c1ccc(N)cn1.Cl. The molecule has 0 bridgehead atoms. The molecule has 0 aliphatic carbocycles. The van der Waals surface area contributed by atoms with Crippen LogP contribution in [0, 0.1) is 0 Å². The third-order valence-corrected chi connectivity index (χ3v) is 3.09. The topological polar surface area (TPSA) is 59.2 Å². The number of nitrogen functional groups attached to an aromatic ring is 1. The van der Waals surface area contributed by atoms with Crippen LogP contribution < -0.4 is 5.73 Å². The van der Waals surface area contributed by atoms with Crippen molar-refractivity contribution in [3.63, 3.8) is 0 Å². The summed E-state index contributed by atoms with van der Waals surface area (Å²) in [5.74, 6) is -0.0798. The van der Waals surface area contributed by atoms with Crippen molar-refractivity contribution >= 4 is 24.0 Å². The van der Waals surface area contributed by atoms with Gasteiger partial charge in [-0.1, -0.05) is 30.3 Å². The molecule has 0 saturated heterocycles. The Hall–Kier alpha value is -2.07. The van der Waals surface area contributed by atoms with E-state index in [1.807, 2.05) is 44.2 Å². The average Bonchev–Trinajstić information content (AvgIpc) is 2.45. The summed E-state index contributed by atoms with van der Waals surface area (Å²) in [7, 11) is 0. The van der Waals surface area contributed by atoms with Crippen LogP contribution in [-0.4, -0.2) is 21.8 Å². The van der Waals surface area contributed by atoms with Crippen molar-refractivity contribution in [2.24, 2.45) is 0 Å². The fourth-order valence-corrected chi connectivity index (χ4v) is 1.95. The largest absolute Gasteiger partial charge is 0.397 e. The Kier molecular flexibility index (Phi) is 6.18. The quantitative estimate of drug-likeness (QED) is 0.944. The van der Waals surface area contributed by atoms with Gasteiger partial charge in [-0.3, -0.25) is 4.79 Å². The molecule has 0 unspecified atom stereocenters. The Balaban J connectivity index is 0.00000220. The van der Waals surface area contributed by atoms with Gasteiger partial charge in [-0.25, -0.2) is 4.98 Å². The molecule has 1 heterocycles. The van der Waals surface area contributed by atoms with Gasteiger partial charge in [-0.05, 0) is 31.5 Å². The van der Waals surface area contributed by atoms with Gasteiger partial charge in [-0.2, -0.15) is 0 Å². The van der Waals surface area contributed by atoms with E-state index in [9.17, 15) is 4.79 Å². The van der Waals surface area contributed by atoms with Crippen molar-refractivity contribution in [1.29, 1.82) is 0 Å². The molecule has 0 fully saturated rings. The Morgan fingerprint density at radius 1 is 1.19 bits per heavy atom. The second-order valence-electron chi connectivity index (χ2n) is 4.99. The fourth-order valence-electron chi connectivity index (χ4n) is 1.95. The third-order valence-electron chi connectivity index (χ3n) is 3.09. The van der Waals surface area contributed by atoms with Crippen molar-refractivity contribution in [3.8, 4) is 0 Å². The summed E-state index contributed by atoms with van der Waals surface area (Å²) in [6, 6.07) is 13.4. The summed E-state index contributed by atoms with van der Waals surface area (Å²) >= 11 is 0. The molecule has 0 saturated carbocycles. The Morgan fingerprint density at radius 2 is 1.86 bits per heavy atom. The number of pyridine rings is 1. The normalized spacial score (nSPS) is 10.0. The van der Waals surface area contributed by atoms with Crippen molar-refractivity contribution < 1.29 is 4.79 Å². The van der Waals surface area contributed by atoms with E-state index in [0.717, 1.165) is 5.56 Å². The molecule has 4 nitrogen and oxygen atoms in total. The van der Waals surface area contributed by atoms with Gasteiger partial charge >= 0.3 is 0 Å². The van der Waals surface area contributed by atoms with Crippen LogP contribution in [-0.2, 0) is 6.54 Å². The molecular formula is C16H20ClN3O. The summed E-state index contributed by atoms with van der Waals surface area (Å²) in [5.41, 5.74) is 7.68. The monoisotopic (exact) mass is 305 g/mol. The molecule has 0 radical (unpaired) electrons. The number of hydrogen-bond acceptors (Lipinski definition) is 3. The summed E-state index contributed by atoms with van der Waals surface area (Å²) in [6.45, 7) is 4.57. The average molecular weight is 306 g/mol. The lowest BCUT2D eigenvalue weighted by Gasteiger charge is -2.26. The van der Waals surface area contributed by atoms with Crippen LogP contribution in [0.1, 0.15) is 29.9 Å². The maximum Gasteiger partial charge on any atom is 0.272 e. The molecule has 21 heavy (non-hydrogen) atoms. The van der Waals surface area contributed by atoms with Gasteiger partial charge < -0.3 is 10.6 Å². The van der Waals surface area contributed by atoms with Gasteiger partial charge in [0.15, 0.2) is 0 Å². The number of carbonyl (C=O) groups is 1. The molecule has 1 amide bonds. The second-order valence-corrected chi connectivity index (χ2v) is 4.99. The van der Waals surface area contributed by atoms with Crippen LogP contribution in [0.4, 0.5) is 5.69 Å². The molecule has 2 rings (SSSR count). The van der Waals surface area contributed by atoms with Gasteiger partial charge in [0.05, 0.1) is 11.9 Å². The first-order valence-electron chi connectivity index (χ1n) is 6.64. The van der Waals surface area contributed by atoms with Gasteiger partial charge in [-0.15, -0.1) is 12.4 Å². The van der Waals surface area contributed by atoms with Crippen LogP contribution in [0.3, 0.4) is 0 Å². The molecular weight excluding hydrogens is 286 g/mol. The minimum atomic E-state index is -0.0798. The number of amides is 1. The van der Waals surface area contributed by atoms with Gasteiger partial charge in [0, 0.05) is 12.6 Å². The van der Waals surface area contributed by atoms with Crippen molar-refractivity contribution in [2.45, 2.75) is 26.4 Å². The molecule has 0 aliphatic heterocycles. The lowest BCUT2D eigenvalue weighted by molar-refractivity contribution is 0.0684. The van der Waals surface area contributed by atoms with E-state index in [1.165, 1.54) is 6.20 Å². The number of carbonyl (C=O) groups excluding carboxylic acids is 1. The molecule has 0 spiro atoms. The van der Waals surface area contributed by atoms with E-state index in [0.29, 0.717) is 17.9 Å². The van der Waals surface area contributed by atoms with Crippen molar-refractivity contribution in [1.82, 2.24) is 9.88 Å². The van der Waals surface area contributed by atoms with Crippen LogP contribution in [0.25, 0.3) is 0 Å². The first kappa shape index (κ1) is 17.0. The van der Waals surface area contributed by atoms with Gasteiger partial charge in [0.2, 0.25) is 0 Å². The number of rotatable bonds is 4. The minimum absolute atomic E-state index is 0. The Labute approximate surface area is 131 Å². The number of nitrogens with zero attached hydrogens (tertiary/aromatic N) is 2. The van der Waals surface area contributed by atoms with Gasteiger partial charge in [0.1, 0.15) is 5.69 Å². The van der Waals surface area contributed by atoms with Crippen LogP contribution in [0.15, 0.2) is 48.7 Å². The van der Waals surface area contributed by atoms with E-state index in [4.69, 9.17) is 5.73 Å².